The summed E-state index contributed by atoms with van der Waals surface area (Å²) in [6.45, 7) is 2.95. The highest BCUT2D eigenvalue weighted by molar-refractivity contribution is 9.11. The second-order valence-corrected chi connectivity index (χ2v) is 7.90. The van der Waals surface area contributed by atoms with Crippen LogP contribution in [0.2, 0.25) is 5.02 Å². The van der Waals surface area contributed by atoms with Crippen molar-refractivity contribution in [2.24, 2.45) is 0 Å². The molecule has 0 amide bonds. The van der Waals surface area contributed by atoms with Gasteiger partial charge in [0.2, 0.25) is 0 Å². The fourth-order valence-electron chi connectivity index (χ4n) is 1.90. The van der Waals surface area contributed by atoms with Gasteiger partial charge in [-0.3, -0.25) is 0 Å². The summed E-state index contributed by atoms with van der Waals surface area (Å²) in [5, 5.41) is 4.13. The van der Waals surface area contributed by atoms with Gasteiger partial charge in [-0.15, -0.1) is 11.3 Å². The van der Waals surface area contributed by atoms with Crippen molar-refractivity contribution in [2.45, 2.75) is 19.4 Å². The van der Waals surface area contributed by atoms with Crippen molar-refractivity contribution in [3.05, 3.63) is 53.8 Å². The van der Waals surface area contributed by atoms with E-state index in [0.29, 0.717) is 9.50 Å². The Bertz CT molecular complexity index is 583. The predicted molar refractivity (Wildman–Crippen MR) is 91.3 cm³/mol. The molecule has 0 fully saturated rings. The van der Waals surface area contributed by atoms with E-state index in [1.165, 1.54) is 6.07 Å². The van der Waals surface area contributed by atoms with Gasteiger partial charge in [0.25, 0.3) is 0 Å². The van der Waals surface area contributed by atoms with Gasteiger partial charge in [-0.1, -0.05) is 30.7 Å². The molecular weight excluding hydrogens is 428 g/mol. The third-order valence-corrected chi connectivity index (χ3v) is 6.22. The van der Waals surface area contributed by atoms with E-state index in [1.807, 2.05) is 12.1 Å². The smallest absolute Gasteiger partial charge is 0.137 e. The molecule has 1 unspecified atom stereocenters. The Morgan fingerprint density at radius 3 is 2.75 bits per heavy atom. The van der Waals surface area contributed by atoms with Crippen LogP contribution in [0.3, 0.4) is 0 Å². The molecular formula is C14H13Br2ClFNS. The largest absolute Gasteiger partial charge is 0.306 e. The fourth-order valence-corrected chi connectivity index (χ4v) is 4.24. The van der Waals surface area contributed by atoms with Gasteiger partial charge >= 0.3 is 0 Å². The molecule has 6 heteroatoms. The molecule has 0 radical (unpaired) electrons. The van der Waals surface area contributed by atoms with Gasteiger partial charge in [-0.25, -0.2) is 4.39 Å². The predicted octanol–water partition coefficient (Wildman–Crippen LogP) is 6.15. The summed E-state index contributed by atoms with van der Waals surface area (Å²) < 4.78 is 15.1. The molecule has 0 aliphatic rings. The minimum Gasteiger partial charge on any atom is -0.306 e. The van der Waals surface area contributed by atoms with E-state index in [-0.39, 0.29) is 11.9 Å². The molecule has 1 aromatic heterocycles. The number of benzene rings is 1. The number of hydrogen-bond acceptors (Lipinski definition) is 2. The average molecular weight is 442 g/mol. The van der Waals surface area contributed by atoms with Crippen molar-refractivity contribution in [3.8, 4) is 0 Å². The van der Waals surface area contributed by atoms with E-state index in [0.717, 1.165) is 27.2 Å². The van der Waals surface area contributed by atoms with Crippen molar-refractivity contribution >= 4 is 54.8 Å². The van der Waals surface area contributed by atoms with Crippen LogP contribution in [0.5, 0.6) is 0 Å². The Balaban J connectivity index is 2.44. The molecule has 1 nitrogen and oxygen atoms in total. The molecule has 0 spiro atoms. The Kier molecular flexibility index (Phi) is 6.05. The molecule has 0 aliphatic carbocycles. The standard InChI is InChI=1S/C14H13Br2ClFNS/c1-2-6-19-13(11-7-9(17)14(16)20-11)8-4-3-5-10(18)12(8)15/h3-5,7,13,19H,2,6H2,1H3. The molecule has 2 rings (SSSR count). The number of thiophene rings is 1. The third kappa shape index (κ3) is 3.63. The van der Waals surface area contributed by atoms with Crippen LogP contribution in [0.1, 0.15) is 29.8 Å². The van der Waals surface area contributed by atoms with Crippen molar-refractivity contribution in [1.82, 2.24) is 5.32 Å². The Hall–Kier alpha value is 0.0600. The summed E-state index contributed by atoms with van der Waals surface area (Å²) in [5.41, 5.74) is 0.879. The van der Waals surface area contributed by atoms with Crippen LogP contribution in [0.15, 0.2) is 32.5 Å². The van der Waals surface area contributed by atoms with Crippen molar-refractivity contribution in [1.29, 1.82) is 0 Å². The highest BCUT2D eigenvalue weighted by Crippen LogP contribution is 2.39. The van der Waals surface area contributed by atoms with E-state index < -0.39 is 0 Å². The monoisotopic (exact) mass is 439 g/mol. The van der Waals surface area contributed by atoms with Gasteiger partial charge < -0.3 is 5.32 Å². The first kappa shape index (κ1) is 16.4. The lowest BCUT2D eigenvalue weighted by Gasteiger charge is -2.19. The lowest BCUT2D eigenvalue weighted by Crippen LogP contribution is -2.23. The highest BCUT2D eigenvalue weighted by Gasteiger charge is 2.21. The van der Waals surface area contributed by atoms with Gasteiger partial charge in [-0.05, 0) is 62.5 Å². The summed E-state index contributed by atoms with van der Waals surface area (Å²) in [6, 6.07) is 6.93. The molecule has 0 saturated heterocycles. The molecule has 0 bridgehead atoms. The average Bonchev–Trinajstić information content (AvgIpc) is 2.74. The molecule has 1 atom stereocenters. The summed E-state index contributed by atoms with van der Waals surface area (Å²) in [5.74, 6) is -0.257. The van der Waals surface area contributed by atoms with Crippen molar-refractivity contribution in [2.75, 3.05) is 6.54 Å². The van der Waals surface area contributed by atoms with Crippen LogP contribution in [-0.2, 0) is 0 Å². The Morgan fingerprint density at radius 2 is 2.15 bits per heavy atom. The van der Waals surface area contributed by atoms with Crippen molar-refractivity contribution in [3.63, 3.8) is 0 Å². The van der Waals surface area contributed by atoms with Crippen LogP contribution in [0, 0.1) is 5.82 Å². The number of nitrogens with one attached hydrogen (secondary N) is 1. The van der Waals surface area contributed by atoms with E-state index in [2.05, 4.69) is 44.1 Å². The lowest BCUT2D eigenvalue weighted by atomic mass is 10.0. The number of hydrogen-bond donors (Lipinski definition) is 1. The van der Waals surface area contributed by atoms with Crippen LogP contribution in [0.4, 0.5) is 4.39 Å². The quantitative estimate of drug-likeness (QED) is 0.586. The molecule has 2 aromatic rings. The molecule has 1 aromatic carbocycles. The van der Waals surface area contributed by atoms with Gasteiger partial charge in [-0.2, -0.15) is 0 Å². The summed E-state index contributed by atoms with van der Waals surface area (Å²) in [7, 11) is 0. The topological polar surface area (TPSA) is 12.0 Å². The maximum Gasteiger partial charge on any atom is 0.137 e. The number of halogens is 4. The van der Waals surface area contributed by atoms with E-state index >= 15 is 0 Å². The SMILES string of the molecule is CCCNC(c1cc(Cl)c(Br)s1)c1cccc(F)c1Br. The first-order valence-corrected chi connectivity index (χ1v) is 8.94. The highest BCUT2D eigenvalue weighted by atomic mass is 79.9. The molecule has 20 heavy (non-hydrogen) atoms. The van der Waals surface area contributed by atoms with E-state index in [4.69, 9.17) is 11.6 Å². The summed E-state index contributed by atoms with van der Waals surface area (Å²) >= 11 is 14.4. The van der Waals surface area contributed by atoms with E-state index in [9.17, 15) is 4.39 Å². The van der Waals surface area contributed by atoms with Gasteiger partial charge in [0.1, 0.15) is 5.82 Å². The minimum absolute atomic E-state index is 0.0752. The molecule has 0 saturated carbocycles. The van der Waals surface area contributed by atoms with Crippen LogP contribution < -0.4 is 5.32 Å². The van der Waals surface area contributed by atoms with Gasteiger partial charge in [0, 0.05) is 4.88 Å². The zero-order valence-electron chi connectivity index (χ0n) is 10.7. The Morgan fingerprint density at radius 1 is 1.40 bits per heavy atom. The maximum atomic E-state index is 13.8. The zero-order chi connectivity index (χ0) is 14.7. The summed E-state index contributed by atoms with van der Waals surface area (Å²) in [4.78, 5) is 1.06. The van der Waals surface area contributed by atoms with Crippen LogP contribution in [-0.4, -0.2) is 6.54 Å². The van der Waals surface area contributed by atoms with Gasteiger partial charge in [0.05, 0.1) is 19.3 Å². The van der Waals surface area contributed by atoms with Crippen LogP contribution >= 0.6 is 54.8 Å². The Labute approximate surface area is 143 Å². The lowest BCUT2D eigenvalue weighted by molar-refractivity contribution is 0.585. The molecule has 0 aliphatic heterocycles. The number of rotatable bonds is 5. The first-order valence-electron chi connectivity index (χ1n) is 6.16. The zero-order valence-corrected chi connectivity index (χ0v) is 15.5. The van der Waals surface area contributed by atoms with E-state index in [1.54, 1.807) is 17.4 Å². The molecule has 1 N–H and O–H groups in total. The molecule has 1 heterocycles. The van der Waals surface area contributed by atoms with Crippen molar-refractivity contribution < 1.29 is 4.39 Å². The second-order valence-electron chi connectivity index (χ2n) is 4.30. The fraction of sp³-hybridized carbons (Fsp3) is 0.286. The maximum absolute atomic E-state index is 13.8. The van der Waals surface area contributed by atoms with Crippen LogP contribution in [0.25, 0.3) is 0 Å². The second kappa shape index (κ2) is 7.36. The van der Waals surface area contributed by atoms with Gasteiger partial charge in [0.15, 0.2) is 0 Å². The normalized spacial score (nSPS) is 12.7. The minimum atomic E-state index is -0.257. The first-order chi connectivity index (χ1) is 9.54. The molecule has 108 valence electrons. The summed E-state index contributed by atoms with van der Waals surface area (Å²) in [6.07, 6.45) is 1.00. The third-order valence-electron chi connectivity index (χ3n) is 2.84.